The molecule has 2 saturated heterocycles. The molecule has 116 valence electrons. The summed E-state index contributed by atoms with van der Waals surface area (Å²) in [6.07, 6.45) is 0.679. The van der Waals surface area contributed by atoms with Gasteiger partial charge in [-0.25, -0.2) is 9.59 Å². The number of hydrogen-bond donors (Lipinski definition) is 2. The fourth-order valence-corrected chi connectivity index (χ4v) is 2.84. The van der Waals surface area contributed by atoms with Crippen molar-refractivity contribution in [3.05, 3.63) is 35.9 Å². The molecule has 7 nitrogen and oxygen atoms in total. The van der Waals surface area contributed by atoms with Gasteiger partial charge in [-0.05, 0) is 18.4 Å². The first-order valence-electron chi connectivity index (χ1n) is 7.18. The third kappa shape index (κ3) is 2.74. The van der Waals surface area contributed by atoms with Crippen LogP contribution in [0.3, 0.4) is 0 Å². The van der Waals surface area contributed by atoms with Crippen molar-refractivity contribution in [1.82, 2.24) is 15.5 Å². The Hall–Kier alpha value is -2.57. The van der Waals surface area contributed by atoms with E-state index in [0.29, 0.717) is 19.4 Å². The largest absolute Gasteiger partial charge is 0.445 e. The Balaban J connectivity index is 1.61. The van der Waals surface area contributed by atoms with Gasteiger partial charge in [0.1, 0.15) is 12.1 Å². The molecule has 2 heterocycles. The highest BCUT2D eigenvalue weighted by molar-refractivity contribution is 6.07. The van der Waals surface area contributed by atoms with E-state index in [-0.39, 0.29) is 19.1 Å². The minimum Gasteiger partial charge on any atom is -0.445 e. The van der Waals surface area contributed by atoms with Crippen LogP contribution in [0.5, 0.6) is 0 Å². The Bertz CT molecular complexity index is 604. The Morgan fingerprint density at radius 1 is 1.27 bits per heavy atom. The smallest absolute Gasteiger partial charge is 0.410 e. The van der Waals surface area contributed by atoms with Crippen molar-refractivity contribution in [2.45, 2.75) is 25.0 Å². The van der Waals surface area contributed by atoms with E-state index in [2.05, 4.69) is 10.6 Å². The molecule has 3 rings (SSSR count). The van der Waals surface area contributed by atoms with Crippen molar-refractivity contribution in [2.24, 2.45) is 0 Å². The lowest BCUT2D eigenvalue weighted by molar-refractivity contribution is -0.125. The summed E-state index contributed by atoms with van der Waals surface area (Å²) in [5.41, 5.74) is -0.115. The monoisotopic (exact) mass is 303 g/mol. The number of nitrogens with zero attached hydrogens (tertiary/aromatic N) is 1. The predicted molar refractivity (Wildman–Crippen MR) is 76.8 cm³/mol. The summed E-state index contributed by atoms with van der Waals surface area (Å²) in [4.78, 5) is 36.9. The van der Waals surface area contributed by atoms with Crippen molar-refractivity contribution in [2.75, 3.05) is 13.1 Å². The number of amides is 4. The molecule has 0 unspecified atom stereocenters. The number of rotatable bonds is 2. The van der Waals surface area contributed by atoms with Gasteiger partial charge in [-0.3, -0.25) is 10.1 Å². The minimum absolute atomic E-state index is 0.137. The number of likely N-dealkylation sites (tertiary alicyclic amines) is 1. The van der Waals surface area contributed by atoms with Crippen molar-refractivity contribution in [1.29, 1.82) is 0 Å². The van der Waals surface area contributed by atoms with E-state index in [1.54, 1.807) is 0 Å². The van der Waals surface area contributed by atoms with Crippen LogP contribution in [0.4, 0.5) is 9.59 Å². The number of imide groups is 1. The number of urea groups is 1. The molecule has 2 aliphatic rings. The topological polar surface area (TPSA) is 87.7 Å². The van der Waals surface area contributed by atoms with Crippen molar-refractivity contribution in [3.8, 4) is 0 Å². The van der Waals surface area contributed by atoms with Gasteiger partial charge in [0.05, 0.1) is 6.54 Å². The standard InChI is InChI=1S/C15H17N3O4/c19-12-15(17-13(20)16-12)7-4-8-18(10-15)14(21)22-9-11-5-2-1-3-6-11/h1-3,5-6H,4,7-10H2,(H2,16,17,19,20)/t15-/m0/s1. The van der Waals surface area contributed by atoms with Crippen LogP contribution in [0.1, 0.15) is 18.4 Å². The summed E-state index contributed by atoms with van der Waals surface area (Å²) in [7, 11) is 0. The highest BCUT2D eigenvalue weighted by Gasteiger charge is 2.49. The van der Waals surface area contributed by atoms with E-state index in [1.165, 1.54) is 4.90 Å². The molecule has 2 fully saturated rings. The first-order valence-corrected chi connectivity index (χ1v) is 7.18. The lowest BCUT2D eigenvalue weighted by Crippen LogP contribution is -2.59. The zero-order valence-corrected chi connectivity index (χ0v) is 12.0. The average molecular weight is 303 g/mol. The Morgan fingerprint density at radius 3 is 2.73 bits per heavy atom. The molecule has 1 spiro atoms. The van der Waals surface area contributed by atoms with Crippen LogP contribution in [0.25, 0.3) is 0 Å². The van der Waals surface area contributed by atoms with E-state index in [0.717, 1.165) is 5.56 Å². The molecule has 2 N–H and O–H groups in total. The van der Waals surface area contributed by atoms with E-state index >= 15 is 0 Å². The van der Waals surface area contributed by atoms with Gasteiger partial charge < -0.3 is 15.0 Å². The van der Waals surface area contributed by atoms with Gasteiger partial charge in [-0.1, -0.05) is 30.3 Å². The first-order chi connectivity index (χ1) is 10.6. The zero-order chi connectivity index (χ0) is 15.6. The summed E-state index contributed by atoms with van der Waals surface area (Å²) in [6.45, 7) is 0.832. The number of piperidine rings is 1. The second-order valence-electron chi connectivity index (χ2n) is 5.56. The molecule has 1 aromatic carbocycles. The molecule has 0 aliphatic carbocycles. The second-order valence-corrected chi connectivity index (χ2v) is 5.56. The SMILES string of the molecule is O=C1NC(=O)[C@@]2(CCCN(C(=O)OCc3ccccc3)C2)N1. The molecule has 0 saturated carbocycles. The Morgan fingerprint density at radius 2 is 2.05 bits per heavy atom. The van der Waals surface area contributed by atoms with Crippen LogP contribution in [0, 0.1) is 0 Å². The summed E-state index contributed by atoms with van der Waals surface area (Å²) in [6, 6.07) is 8.87. The quantitative estimate of drug-likeness (QED) is 0.798. The molecule has 0 aromatic heterocycles. The predicted octanol–water partition coefficient (Wildman–Crippen LogP) is 0.997. The van der Waals surface area contributed by atoms with Gasteiger partial charge in [0.2, 0.25) is 0 Å². The second kappa shape index (κ2) is 5.67. The average Bonchev–Trinajstić information content (AvgIpc) is 2.79. The maximum atomic E-state index is 12.2. The lowest BCUT2D eigenvalue weighted by atomic mass is 9.89. The summed E-state index contributed by atoms with van der Waals surface area (Å²) >= 11 is 0. The molecule has 22 heavy (non-hydrogen) atoms. The van der Waals surface area contributed by atoms with Gasteiger partial charge in [-0.2, -0.15) is 0 Å². The first kappa shape index (κ1) is 14.4. The maximum Gasteiger partial charge on any atom is 0.410 e. The molecule has 7 heteroatoms. The van der Waals surface area contributed by atoms with Gasteiger partial charge in [0.25, 0.3) is 5.91 Å². The van der Waals surface area contributed by atoms with Crippen LogP contribution < -0.4 is 10.6 Å². The zero-order valence-electron chi connectivity index (χ0n) is 12.0. The van der Waals surface area contributed by atoms with Crippen molar-refractivity contribution < 1.29 is 19.1 Å². The van der Waals surface area contributed by atoms with Gasteiger partial charge >= 0.3 is 12.1 Å². The molecule has 0 bridgehead atoms. The van der Waals surface area contributed by atoms with Crippen LogP contribution in [0.2, 0.25) is 0 Å². The molecule has 0 radical (unpaired) electrons. The lowest BCUT2D eigenvalue weighted by Gasteiger charge is -2.37. The fourth-order valence-electron chi connectivity index (χ4n) is 2.84. The van der Waals surface area contributed by atoms with Crippen molar-refractivity contribution >= 4 is 18.0 Å². The molecule has 4 amide bonds. The number of benzene rings is 1. The van der Waals surface area contributed by atoms with E-state index < -0.39 is 17.7 Å². The molecular weight excluding hydrogens is 286 g/mol. The molecular formula is C15H17N3O4. The van der Waals surface area contributed by atoms with Crippen LogP contribution in [0.15, 0.2) is 30.3 Å². The molecule has 1 aromatic rings. The van der Waals surface area contributed by atoms with Crippen molar-refractivity contribution in [3.63, 3.8) is 0 Å². The molecule has 2 aliphatic heterocycles. The van der Waals surface area contributed by atoms with Crippen LogP contribution in [-0.2, 0) is 16.1 Å². The van der Waals surface area contributed by atoms with Gasteiger partial charge in [-0.15, -0.1) is 0 Å². The van der Waals surface area contributed by atoms with Gasteiger partial charge in [0.15, 0.2) is 0 Å². The minimum atomic E-state index is -1.01. The summed E-state index contributed by atoms with van der Waals surface area (Å²) in [5.74, 6) is -0.377. The summed E-state index contributed by atoms with van der Waals surface area (Å²) in [5, 5.41) is 4.86. The Labute approximate surface area is 127 Å². The fraction of sp³-hybridized carbons (Fsp3) is 0.400. The van der Waals surface area contributed by atoms with Crippen LogP contribution in [-0.4, -0.2) is 41.6 Å². The number of carbonyl (C=O) groups is 3. The molecule has 1 atom stereocenters. The highest BCUT2D eigenvalue weighted by Crippen LogP contribution is 2.25. The number of ether oxygens (including phenoxy) is 1. The maximum absolute atomic E-state index is 12.2. The van der Waals surface area contributed by atoms with Gasteiger partial charge in [0, 0.05) is 6.54 Å². The summed E-state index contributed by atoms with van der Waals surface area (Å²) < 4.78 is 5.27. The normalized spacial score (nSPS) is 24.1. The third-order valence-electron chi connectivity index (χ3n) is 3.97. The van der Waals surface area contributed by atoms with E-state index in [9.17, 15) is 14.4 Å². The Kier molecular flexibility index (Phi) is 3.70. The van der Waals surface area contributed by atoms with E-state index in [1.807, 2.05) is 30.3 Å². The number of hydrogen-bond acceptors (Lipinski definition) is 4. The third-order valence-corrected chi connectivity index (χ3v) is 3.97. The highest BCUT2D eigenvalue weighted by atomic mass is 16.6. The number of nitrogens with one attached hydrogen (secondary N) is 2. The van der Waals surface area contributed by atoms with E-state index in [4.69, 9.17) is 4.74 Å². The number of carbonyl (C=O) groups excluding carboxylic acids is 3. The van der Waals surface area contributed by atoms with Crippen LogP contribution >= 0.6 is 0 Å².